The Morgan fingerprint density at radius 1 is 1.26 bits per heavy atom. The monoisotopic (exact) mass is 472 g/mol. The number of amides is 1. The third kappa shape index (κ3) is 4.01. The van der Waals surface area contributed by atoms with E-state index in [9.17, 15) is 14.3 Å². The molecule has 1 aliphatic carbocycles. The fourth-order valence-corrected chi connectivity index (χ4v) is 4.71. The topological polar surface area (TPSA) is 97.9 Å². The summed E-state index contributed by atoms with van der Waals surface area (Å²) in [5.41, 5.74) is 4.04. The summed E-state index contributed by atoms with van der Waals surface area (Å²) >= 11 is 0. The number of hydrogen-bond donors (Lipinski definition) is 2. The minimum absolute atomic E-state index is 0.0630. The third-order valence-corrected chi connectivity index (χ3v) is 6.76. The number of fused-ring (bicyclic) bond motifs is 1. The Labute approximate surface area is 201 Å². The van der Waals surface area contributed by atoms with Crippen molar-refractivity contribution >= 4 is 11.7 Å². The molecule has 1 atom stereocenters. The van der Waals surface area contributed by atoms with E-state index >= 15 is 0 Å². The van der Waals surface area contributed by atoms with Crippen LogP contribution in [-0.2, 0) is 13.0 Å². The van der Waals surface area contributed by atoms with E-state index in [1.807, 2.05) is 28.3 Å². The minimum atomic E-state index is -0.594. The fraction of sp³-hybridized carbons (Fsp3) is 0.308. The first-order valence-corrected chi connectivity index (χ1v) is 11.8. The second kappa shape index (κ2) is 8.42. The van der Waals surface area contributed by atoms with Crippen LogP contribution in [0, 0.1) is 18.7 Å². The molecule has 178 valence electrons. The van der Waals surface area contributed by atoms with E-state index in [0.29, 0.717) is 41.0 Å². The van der Waals surface area contributed by atoms with Crippen molar-refractivity contribution in [3.05, 3.63) is 77.4 Å². The smallest absolute Gasteiger partial charge is 0.259 e. The van der Waals surface area contributed by atoms with Gasteiger partial charge in [-0.3, -0.25) is 4.79 Å². The number of aliphatic hydroxyl groups is 1. The van der Waals surface area contributed by atoms with Gasteiger partial charge in [0.15, 0.2) is 5.82 Å². The fourth-order valence-electron chi connectivity index (χ4n) is 4.71. The SMILES string of the molecule is Cc1cc(F)c(C(=O)Nc2cccc(-c3ncc4n3CC(CO)C4)n2)cc1-n1cnc(C2CC2)c1. The number of halogens is 1. The number of nitrogens with one attached hydrogen (secondary N) is 1. The van der Waals surface area contributed by atoms with E-state index in [1.54, 1.807) is 30.7 Å². The summed E-state index contributed by atoms with van der Waals surface area (Å²) in [6, 6.07) is 8.18. The number of imidazole rings is 2. The number of hydrogen-bond acceptors (Lipinski definition) is 5. The van der Waals surface area contributed by atoms with Gasteiger partial charge in [-0.15, -0.1) is 0 Å². The van der Waals surface area contributed by atoms with Crippen LogP contribution in [0.3, 0.4) is 0 Å². The number of aliphatic hydroxyl groups excluding tert-OH is 1. The Kier molecular flexibility index (Phi) is 5.21. The lowest BCUT2D eigenvalue weighted by Crippen LogP contribution is -2.16. The third-order valence-electron chi connectivity index (χ3n) is 6.76. The van der Waals surface area contributed by atoms with Crippen LogP contribution in [0.1, 0.15) is 46.1 Å². The van der Waals surface area contributed by atoms with Crippen molar-refractivity contribution in [3.8, 4) is 17.2 Å². The summed E-state index contributed by atoms with van der Waals surface area (Å²) in [6.07, 6.45) is 8.52. The Morgan fingerprint density at radius 2 is 2.11 bits per heavy atom. The highest BCUT2D eigenvalue weighted by Crippen LogP contribution is 2.39. The highest BCUT2D eigenvalue weighted by atomic mass is 19.1. The van der Waals surface area contributed by atoms with Crippen molar-refractivity contribution in [1.82, 2.24) is 24.1 Å². The van der Waals surface area contributed by atoms with Crippen molar-refractivity contribution in [1.29, 1.82) is 0 Å². The summed E-state index contributed by atoms with van der Waals surface area (Å²) in [5, 5.41) is 12.2. The lowest BCUT2D eigenvalue weighted by atomic mass is 10.1. The van der Waals surface area contributed by atoms with Crippen molar-refractivity contribution in [2.24, 2.45) is 5.92 Å². The first kappa shape index (κ1) is 21.7. The van der Waals surface area contributed by atoms with Gasteiger partial charge in [0.25, 0.3) is 5.91 Å². The molecule has 0 radical (unpaired) electrons. The molecule has 2 N–H and O–H groups in total. The van der Waals surface area contributed by atoms with Crippen molar-refractivity contribution in [2.75, 3.05) is 11.9 Å². The van der Waals surface area contributed by atoms with Gasteiger partial charge in [0.1, 0.15) is 17.3 Å². The summed E-state index contributed by atoms with van der Waals surface area (Å²) in [4.78, 5) is 26.6. The normalized spacial score (nSPS) is 16.9. The molecule has 0 saturated heterocycles. The van der Waals surface area contributed by atoms with Crippen molar-refractivity contribution < 1.29 is 14.3 Å². The van der Waals surface area contributed by atoms with Crippen molar-refractivity contribution in [2.45, 2.75) is 38.6 Å². The van der Waals surface area contributed by atoms with Crippen molar-refractivity contribution in [3.63, 3.8) is 0 Å². The molecule has 0 bridgehead atoms. The van der Waals surface area contributed by atoms with Gasteiger partial charge >= 0.3 is 0 Å². The number of benzene rings is 1. The second-order valence-electron chi connectivity index (χ2n) is 9.40. The molecule has 1 amide bonds. The van der Waals surface area contributed by atoms with Gasteiger partial charge in [-0.2, -0.15) is 0 Å². The number of aryl methyl sites for hydroxylation is 1. The van der Waals surface area contributed by atoms with Gasteiger partial charge in [-0.25, -0.2) is 19.3 Å². The van der Waals surface area contributed by atoms with Gasteiger partial charge in [0.05, 0.1) is 23.3 Å². The first-order valence-electron chi connectivity index (χ1n) is 11.8. The molecule has 4 aromatic rings. The largest absolute Gasteiger partial charge is 0.396 e. The van der Waals surface area contributed by atoms with Crippen LogP contribution < -0.4 is 5.32 Å². The Hall–Kier alpha value is -3.85. The molecule has 1 fully saturated rings. The highest BCUT2D eigenvalue weighted by Gasteiger charge is 2.27. The molecule has 9 heteroatoms. The number of aromatic nitrogens is 5. The molecular weight excluding hydrogens is 447 g/mol. The van der Waals surface area contributed by atoms with Crippen LogP contribution in [0.2, 0.25) is 0 Å². The van der Waals surface area contributed by atoms with E-state index in [4.69, 9.17) is 0 Å². The minimum Gasteiger partial charge on any atom is -0.396 e. The molecule has 1 unspecified atom stereocenters. The lowest BCUT2D eigenvalue weighted by molar-refractivity contribution is 0.102. The van der Waals surface area contributed by atoms with Gasteiger partial charge in [0.2, 0.25) is 0 Å². The van der Waals surface area contributed by atoms with Crippen LogP contribution >= 0.6 is 0 Å². The van der Waals surface area contributed by atoms with Crippen LogP contribution in [-0.4, -0.2) is 41.7 Å². The van der Waals surface area contributed by atoms with Crippen LogP contribution in [0.15, 0.2) is 49.1 Å². The number of rotatable bonds is 6. The molecule has 3 aromatic heterocycles. The molecule has 4 heterocycles. The van der Waals surface area contributed by atoms with Gasteiger partial charge < -0.3 is 19.6 Å². The maximum absolute atomic E-state index is 14.8. The predicted molar refractivity (Wildman–Crippen MR) is 128 cm³/mol. The van der Waals surface area contributed by atoms with E-state index < -0.39 is 11.7 Å². The van der Waals surface area contributed by atoms with Crippen LogP contribution in [0.5, 0.6) is 0 Å². The number of carbonyl (C=O) groups excluding carboxylic acids is 1. The molecule has 35 heavy (non-hydrogen) atoms. The number of anilines is 1. The maximum Gasteiger partial charge on any atom is 0.259 e. The average molecular weight is 473 g/mol. The molecule has 8 nitrogen and oxygen atoms in total. The Morgan fingerprint density at radius 3 is 2.91 bits per heavy atom. The molecule has 0 spiro atoms. The van der Waals surface area contributed by atoms with Gasteiger partial charge in [0, 0.05) is 43.1 Å². The summed E-state index contributed by atoms with van der Waals surface area (Å²) in [6.45, 7) is 2.61. The van der Waals surface area contributed by atoms with Gasteiger partial charge in [-0.05, 0) is 56.0 Å². The van der Waals surface area contributed by atoms with Gasteiger partial charge in [-0.1, -0.05) is 6.07 Å². The Balaban J connectivity index is 1.26. The maximum atomic E-state index is 14.8. The molecule has 1 saturated carbocycles. The van der Waals surface area contributed by atoms with E-state index in [-0.39, 0.29) is 18.1 Å². The zero-order valence-electron chi connectivity index (χ0n) is 19.3. The molecule has 1 aromatic carbocycles. The highest BCUT2D eigenvalue weighted by molar-refractivity contribution is 6.04. The summed E-state index contributed by atoms with van der Waals surface area (Å²) < 4.78 is 18.7. The van der Waals surface area contributed by atoms with E-state index in [1.165, 1.54) is 6.07 Å². The van der Waals surface area contributed by atoms with Crippen LogP contribution in [0.4, 0.5) is 10.2 Å². The zero-order valence-corrected chi connectivity index (χ0v) is 19.3. The molecule has 6 rings (SSSR count). The van der Waals surface area contributed by atoms with Crippen LogP contribution in [0.25, 0.3) is 17.2 Å². The first-order chi connectivity index (χ1) is 17.0. The quantitative estimate of drug-likeness (QED) is 0.444. The number of carbonyl (C=O) groups is 1. The molecule has 2 aliphatic rings. The summed E-state index contributed by atoms with van der Waals surface area (Å²) in [7, 11) is 0. The Bertz CT molecular complexity index is 1440. The predicted octanol–water partition coefficient (Wildman–Crippen LogP) is 3.87. The number of nitrogens with zero attached hydrogens (tertiary/aromatic N) is 5. The lowest BCUT2D eigenvalue weighted by Gasteiger charge is -2.12. The zero-order chi connectivity index (χ0) is 24.1. The van der Waals surface area contributed by atoms with E-state index in [0.717, 1.165) is 30.7 Å². The standard InChI is InChI=1S/C26H25FN6O2/c1-15-7-20(27)19(9-23(15)32-12-22(29-14-32)17-5-6-17)26(35)31-24-4-2-3-21(30-24)25-28-10-18-8-16(13-34)11-33(18)25/h2-4,7,9-10,12,14,16-17,34H,5-6,8,11,13H2,1H3,(H,30,31,35). The summed E-state index contributed by atoms with van der Waals surface area (Å²) in [5.74, 6) is 0.491. The van der Waals surface area contributed by atoms with E-state index in [2.05, 4.69) is 20.3 Å². The molecular formula is C26H25FN6O2. The second-order valence-corrected chi connectivity index (χ2v) is 9.40. The molecule has 1 aliphatic heterocycles. The average Bonchev–Trinajstić information content (AvgIpc) is 3.25. The number of pyridine rings is 1.